The molecular weight excluding hydrogens is 292 g/mol. The topological polar surface area (TPSA) is 69.6 Å². The number of hydrogen-bond acceptors (Lipinski definition) is 3. The molecule has 1 aliphatic heterocycles. The summed E-state index contributed by atoms with van der Waals surface area (Å²) in [5.41, 5.74) is 3.85. The van der Waals surface area contributed by atoms with E-state index < -0.39 is 0 Å². The number of benzene rings is 2. The summed E-state index contributed by atoms with van der Waals surface area (Å²) in [6.07, 6.45) is 0.760. The highest BCUT2D eigenvalue weighted by molar-refractivity contribution is 6.05. The number of anilines is 2. The Hall–Kier alpha value is -2.66. The molecule has 1 aliphatic rings. The molecule has 0 atom stereocenters. The van der Waals surface area contributed by atoms with Gasteiger partial charge in [0, 0.05) is 30.4 Å². The number of nitrogens with one attached hydrogen (secondary N) is 1. The second kappa shape index (κ2) is 6.22. The minimum Gasteiger partial charge on any atom is -0.392 e. The van der Waals surface area contributed by atoms with E-state index in [4.69, 9.17) is 5.11 Å². The first-order chi connectivity index (χ1) is 11.1. The fourth-order valence-corrected chi connectivity index (χ4v) is 2.82. The number of aliphatic hydroxyl groups excluding tert-OH is 1. The van der Waals surface area contributed by atoms with Crippen LogP contribution in [-0.2, 0) is 17.8 Å². The summed E-state index contributed by atoms with van der Waals surface area (Å²) >= 11 is 0. The molecule has 5 nitrogen and oxygen atoms in total. The highest BCUT2D eigenvalue weighted by Crippen LogP contribution is 2.29. The van der Waals surface area contributed by atoms with Crippen molar-refractivity contribution in [3.05, 3.63) is 59.2 Å². The van der Waals surface area contributed by atoms with E-state index in [1.54, 1.807) is 42.2 Å². The third kappa shape index (κ3) is 3.10. The number of fused-ring (bicyclic) bond motifs is 1. The predicted molar refractivity (Wildman–Crippen MR) is 88.5 cm³/mol. The second-order valence-corrected chi connectivity index (χ2v) is 5.58. The molecular formula is C18H18N2O3. The van der Waals surface area contributed by atoms with Gasteiger partial charge >= 0.3 is 0 Å². The first-order valence-electron chi connectivity index (χ1n) is 7.50. The van der Waals surface area contributed by atoms with Gasteiger partial charge in [0.05, 0.1) is 6.61 Å². The van der Waals surface area contributed by atoms with Crippen molar-refractivity contribution in [3.63, 3.8) is 0 Å². The van der Waals surface area contributed by atoms with Gasteiger partial charge in [-0.25, -0.2) is 0 Å². The second-order valence-electron chi connectivity index (χ2n) is 5.58. The molecule has 118 valence electrons. The van der Waals surface area contributed by atoms with E-state index >= 15 is 0 Å². The van der Waals surface area contributed by atoms with E-state index in [1.807, 2.05) is 12.1 Å². The van der Waals surface area contributed by atoms with Crippen molar-refractivity contribution in [1.82, 2.24) is 0 Å². The average molecular weight is 310 g/mol. The fraction of sp³-hybridized carbons (Fsp3) is 0.222. The lowest BCUT2D eigenvalue weighted by atomic mass is 10.1. The molecule has 23 heavy (non-hydrogen) atoms. The lowest BCUT2D eigenvalue weighted by molar-refractivity contribution is -0.116. The SMILES string of the molecule is CC(=O)N1CCc2cc(C(=O)Nc3cccc(CO)c3)ccc21. The van der Waals surface area contributed by atoms with Gasteiger partial charge in [-0.1, -0.05) is 12.1 Å². The van der Waals surface area contributed by atoms with E-state index in [0.717, 1.165) is 23.2 Å². The molecule has 0 saturated heterocycles. The van der Waals surface area contributed by atoms with Crippen molar-refractivity contribution in [3.8, 4) is 0 Å². The van der Waals surface area contributed by atoms with Gasteiger partial charge in [0.1, 0.15) is 0 Å². The molecule has 0 spiro atoms. The molecule has 2 N–H and O–H groups in total. The van der Waals surface area contributed by atoms with E-state index in [1.165, 1.54) is 0 Å². The number of rotatable bonds is 3. The van der Waals surface area contributed by atoms with Crippen molar-refractivity contribution in [2.45, 2.75) is 20.0 Å². The van der Waals surface area contributed by atoms with E-state index in [2.05, 4.69) is 5.32 Å². The normalized spacial score (nSPS) is 12.9. The van der Waals surface area contributed by atoms with Crippen LogP contribution in [0, 0.1) is 0 Å². The molecule has 0 aliphatic carbocycles. The van der Waals surface area contributed by atoms with Crippen molar-refractivity contribution in [1.29, 1.82) is 0 Å². The number of carbonyl (C=O) groups is 2. The number of nitrogens with zero attached hydrogens (tertiary/aromatic N) is 1. The Labute approximate surface area is 134 Å². The number of amides is 2. The Balaban J connectivity index is 1.80. The maximum atomic E-state index is 12.4. The Kier molecular flexibility index (Phi) is 4.12. The first-order valence-corrected chi connectivity index (χ1v) is 7.50. The maximum absolute atomic E-state index is 12.4. The Morgan fingerprint density at radius 2 is 2.04 bits per heavy atom. The van der Waals surface area contributed by atoms with E-state index in [-0.39, 0.29) is 18.4 Å². The van der Waals surface area contributed by atoms with Gasteiger partial charge in [0.25, 0.3) is 5.91 Å². The van der Waals surface area contributed by atoms with Crippen molar-refractivity contribution >= 4 is 23.2 Å². The van der Waals surface area contributed by atoms with Gasteiger partial charge in [0.2, 0.25) is 5.91 Å². The highest BCUT2D eigenvalue weighted by Gasteiger charge is 2.23. The third-order valence-electron chi connectivity index (χ3n) is 3.98. The molecule has 0 fully saturated rings. The summed E-state index contributed by atoms with van der Waals surface area (Å²) in [5, 5.41) is 12.0. The monoisotopic (exact) mass is 310 g/mol. The molecule has 0 unspecified atom stereocenters. The van der Waals surface area contributed by atoms with Gasteiger partial charge in [-0.05, 0) is 47.9 Å². The summed E-state index contributed by atoms with van der Waals surface area (Å²) in [4.78, 5) is 25.7. The van der Waals surface area contributed by atoms with E-state index in [9.17, 15) is 9.59 Å². The van der Waals surface area contributed by atoms with Gasteiger partial charge in [0.15, 0.2) is 0 Å². The molecule has 1 heterocycles. The zero-order chi connectivity index (χ0) is 16.4. The highest BCUT2D eigenvalue weighted by atomic mass is 16.3. The smallest absolute Gasteiger partial charge is 0.255 e. The molecule has 0 bridgehead atoms. The number of aliphatic hydroxyl groups is 1. The molecule has 0 radical (unpaired) electrons. The van der Waals surface area contributed by atoms with Gasteiger partial charge < -0.3 is 15.3 Å². The summed E-state index contributed by atoms with van der Waals surface area (Å²) in [5.74, 6) is -0.189. The van der Waals surface area contributed by atoms with Crippen LogP contribution in [-0.4, -0.2) is 23.5 Å². The standard InChI is InChI=1S/C18H18N2O3/c1-12(22)20-8-7-14-10-15(5-6-17(14)20)18(23)19-16-4-2-3-13(9-16)11-21/h2-6,9-10,21H,7-8,11H2,1H3,(H,19,23). The molecule has 2 aromatic carbocycles. The van der Waals surface area contributed by atoms with Gasteiger partial charge in [-0.15, -0.1) is 0 Å². The summed E-state index contributed by atoms with van der Waals surface area (Å²) in [7, 11) is 0. The van der Waals surface area contributed by atoms with Crippen molar-refractivity contribution in [2.75, 3.05) is 16.8 Å². The van der Waals surface area contributed by atoms with Crippen LogP contribution in [0.4, 0.5) is 11.4 Å². The maximum Gasteiger partial charge on any atom is 0.255 e. The lowest BCUT2D eigenvalue weighted by Gasteiger charge is -2.14. The predicted octanol–water partition coefficient (Wildman–Crippen LogP) is 2.34. The zero-order valence-electron chi connectivity index (χ0n) is 12.9. The lowest BCUT2D eigenvalue weighted by Crippen LogP contribution is -2.25. The third-order valence-corrected chi connectivity index (χ3v) is 3.98. The summed E-state index contributed by atoms with van der Waals surface area (Å²) in [6.45, 7) is 2.14. The zero-order valence-corrected chi connectivity index (χ0v) is 12.9. The molecule has 2 aromatic rings. The van der Waals surface area contributed by atoms with Gasteiger partial charge in [-0.3, -0.25) is 9.59 Å². The Morgan fingerprint density at radius 3 is 2.78 bits per heavy atom. The number of hydrogen-bond donors (Lipinski definition) is 2. The number of carbonyl (C=O) groups excluding carboxylic acids is 2. The Bertz CT molecular complexity index is 771. The molecule has 0 aromatic heterocycles. The van der Waals surface area contributed by atoms with Gasteiger partial charge in [-0.2, -0.15) is 0 Å². The fourth-order valence-electron chi connectivity index (χ4n) is 2.82. The average Bonchev–Trinajstić information content (AvgIpc) is 2.98. The molecule has 2 amide bonds. The summed E-state index contributed by atoms with van der Waals surface area (Å²) < 4.78 is 0. The van der Waals surface area contributed by atoms with Crippen LogP contribution in [0.25, 0.3) is 0 Å². The minimum absolute atomic E-state index is 0.0155. The van der Waals surface area contributed by atoms with Crippen molar-refractivity contribution < 1.29 is 14.7 Å². The Morgan fingerprint density at radius 1 is 1.22 bits per heavy atom. The van der Waals surface area contributed by atoms with Crippen LogP contribution in [0.3, 0.4) is 0 Å². The molecule has 5 heteroatoms. The van der Waals surface area contributed by atoms with Crippen LogP contribution in [0.5, 0.6) is 0 Å². The largest absolute Gasteiger partial charge is 0.392 e. The summed E-state index contributed by atoms with van der Waals surface area (Å²) in [6, 6.07) is 12.5. The van der Waals surface area contributed by atoms with Crippen LogP contribution in [0.15, 0.2) is 42.5 Å². The van der Waals surface area contributed by atoms with Crippen molar-refractivity contribution in [2.24, 2.45) is 0 Å². The first kappa shape index (κ1) is 15.2. The molecule has 0 saturated carbocycles. The van der Waals surface area contributed by atoms with Crippen LogP contribution < -0.4 is 10.2 Å². The molecule has 3 rings (SSSR count). The minimum atomic E-state index is -0.204. The van der Waals surface area contributed by atoms with Crippen LogP contribution in [0.1, 0.15) is 28.4 Å². The quantitative estimate of drug-likeness (QED) is 0.914. The van der Waals surface area contributed by atoms with Crippen LogP contribution >= 0.6 is 0 Å². The van der Waals surface area contributed by atoms with E-state index in [0.29, 0.717) is 17.8 Å². The van der Waals surface area contributed by atoms with Crippen LogP contribution in [0.2, 0.25) is 0 Å².